The van der Waals surface area contributed by atoms with Crippen molar-refractivity contribution < 1.29 is 8.94 Å². The van der Waals surface area contributed by atoms with Gasteiger partial charge in [-0.25, -0.2) is 0 Å². The van der Waals surface area contributed by atoms with Crippen molar-refractivity contribution in [3.05, 3.63) is 35.9 Å². The molecule has 0 bridgehead atoms. The molecule has 1 aliphatic heterocycles. The minimum absolute atomic E-state index is 0.170. The topological polar surface area (TPSA) is 67.3 Å². The molecule has 6 heteroatoms. The molecule has 2 aromatic heterocycles. The lowest BCUT2D eigenvalue weighted by Gasteiger charge is -2.30. The molecule has 0 aromatic carbocycles. The zero-order chi connectivity index (χ0) is 13.1. The van der Waals surface area contributed by atoms with Gasteiger partial charge in [-0.15, -0.1) is 0 Å². The van der Waals surface area contributed by atoms with Crippen molar-refractivity contribution in [2.45, 2.75) is 6.04 Å². The fourth-order valence-electron chi connectivity index (χ4n) is 2.08. The number of furan rings is 1. The van der Waals surface area contributed by atoms with Crippen LogP contribution in [0.1, 0.15) is 23.5 Å². The molecule has 0 aliphatic carbocycles. The second-order valence-electron chi connectivity index (χ2n) is 4.54. The second-order valence-corrected chi connectivity index (χ2v) is 4.54. The first-order valence-electron chi connectivity index (χ1n) is 6.29. The normalized spacial score (nSPS) is 21.2. The van der Waals surface area contributed by atoms with Crippen molar-refractivity contribution in [1.29, 1.82) is 0 Å². The molecule has 100 valence electrons. The van der Waals surface area contributed by atoms with Crippen LogP contribution in [0.3, 0.4) is 0 Å². The first-order valence-corrected chi connectivity index (χ1v) is 6.29. The number of rotatable bonds is 3. The lowest BCUT2D eigenvalue weighted by molar-refractivity contribution is 0.190. The summed E-state index contributed by atoms with van der Waals surface area (Å²) in [7, 11) is 2.07. The molecule has 1 N–H and O–H groups in total. The minimum atomic E-state index is 0.170. The van der Waals surface area contributed by atoms with E-state index in [1.807, 2.05) is 12.1 Å². The molecule has 2 aromatic rings. The highest BCUT2D eigenvalue weighted by molar-refractivity contribution is 5.62. The van der Waals surface area contributed by atoms with E-state index in [4.69, 9.17) is 8.94 Å². The summed E-state index contributed by atoms with van der Waals surface area (Å²) < 4.78 is 10.4. The fourth-order valence-corrected chi connectivity index (χ4v) is 2.08. The van der Waals surface area contributed by atoms with E-state index in [0.29, 0.717) is 11.7 Å². The lowest BCUT2D eigenvalue weighted by atomic mass is 10.2. The number of nitrogens with zero attached hydrogens (tertiary/aromatic N) is 3. The van der Waals surface area contributed by atoms with E-state index >= 15 is 0 Å². The monoisotopic (exact) mass is 260 g/mol. The van der Waals surface area contributed by atoms with E-state index in [9.17, 15) is 0 Å². The SMILES string of the molecule is CN1CCNCC1c1noc(/C=C/c2ccco2)n1. The number of likely N-dealkylation sites (N-methyl/N-ethyl adjacent to an activating group) is 1. The molecule has 6 nitrogen and oxygen atoms in total. The van der Waals surface area contributed by atoms with Crippen molar-refractivity contribution in [2.75, 3.05) is 26.7 Å². The van der Waals surface area contributed by atoms with Crippen molar-refractivity contribution in [3.8, 4) is 0 Å². The molecular weight excluding hydrogens is 244 g/mol. The Bertz CT molecular complexity index is 547. The summed E-state index contributed by atoms with van der Waals surface area (Å²) in [6.07, 6.45) is 5.19. The van der Waals surface area contributed by atoms with Crippen LogP contribution in [0.4, 0.5) is 0 Å². The molecule has 1 saturated heterocycles. The summed E-state index contributed by atoms with van der Waals surface area (Å²) in [4.78, 5) is 6.62. The van der Waals surface area contributed by atoms with E-state index in [2.05, 4.69) is 27.4 Å². The molecule has 3 heterocycles. The quantitative estimate of drug-likeness (QED) is 0.900. The minimum Gasteiger partial charge on any atom is -0.465 e. The van der Waals surface area contributed by atoms with Crippen molar-refractivity contribution in [1.82, 2.24) is 20.4 Å². The maximum atomic E-state index is 5.22. The van der Waals surface area contributed by atoms with Crippen LogP contribution in [0, 0.1) is 0 Å². The summed E-state index contributed by atoms with van der Waals surface area (Å²) in [5.74, 6) is 1.97. The van der Waals surface area contributed by atoms with E-state index in [1.54, 1.807) is 18.4 Å². The summed E-state index contributed by atoms with van der Waals surface area (Å²) in [6, 6.07) is 3.87. The van der Waals surface area contributed by atoms with Gasteiger partial charge in [0.15, 0.2) is 5.82 Å². The average molecular weight is 260 g/mol. The van der Waals surface area contributed by atoms with Crippen LogP contribution in [0.25, 0.3) is 12.2 Å². The second kappa shape index (κ2) is 5.38. The number of nitrogens with one attached hydrogen (secondary N) is 1. The predicted molar refractivity (Wildman–Crippen MR) is 70.2 cm³/mol. The smallest absolute Gasteiger partial charge is 0.250 e. The van der Waals surface area contributed by atoms with E-state index in [1.165, 1.54) is 0 Å². The first kappa shape index (κ1) is 12.1. The van der Waals surface area contributed by atoms with Crippen LogP contribution < -0.4 is 5.32 Å². The van der Waals surface area contributed by atoms with Gasteiger partial charge in [-0.2, -0.15) is 4.98 Å². The molecule has 0 radical (unpaired) electrons. The van der Waals surface area contributed by atoms with Gasteiger partial charge in [0, 0.05) is 25.7 Å². The molecule has 1 atom stereocenters. The summed E-state index contributed by atoms with van der Waals surface area (Å²) >= 11 is 0. The Morgan fingerprint density at radius 1 is 1.47 bits per heavy atom. The maximum Gasteiger partial charge on any atom is 0.250 e. The Hall–Kier alpha value is -1.92. The number of hydrogen-bond donors (Lipinski definition) is 1. The largest absolute Gasteiger partial charge is 0.465 e. The third-order valence-electron chi connectivity index (χ3n) is 3.20. The predicted octanol–water partition coefficient (Wildman–Crippen LogP) is 1.41. The molecule has 0 spiro atoms. The van der Waals surface area contributed by atoms with Crippen molar-refractivity contribution in [2.24, 2.45) is 0 Å². The van der Waals surface area contributed by atoms with Gasteiger partial charge in [-0.3, -0.25) is 4.90 Å². The van der Waals surface area contributed by atoms with Crippen LogP contribution in [0.2, 0.25) is 0 Å². The summed E-state index contributed by atoms with van der Waals surface area (Å²) in [5.41, 5.74) is 0. The van der Waals surface area contributed by atoms with Gasteiger partial charge in [0.25, 0.3) is 5.89 Å². The van der Waals surface area contributed by atoms with Crippen LogP contribution >= 0.6 is 0 Å². The van der Waals surface area contributed by atoms with E-state index in [0.717, 1.165) is 25.4 Å². The summed E-state index contributed by atoms with van der Waals surface area (Å²) in [6.45, 7) is 2.82. The molecule has 1 fully saturated rings. The van der Waals surface area contributed by atoms with Crippen LogP contribution in [0.5, 0.6) is 0 Å². The van der Waals surface area contributed by atoms with Gasteiger partial charge in [-0.1, -0.05) is 5.16 Å². The van der Waals surface area contributed by atoms with Gasteiger partial charge in [0.2, 0.25) is 0 Å². The number of aromatic nitrogens is 2. The number of hydrogen-bond acceptors (Lipinski definition) is 6. The Morgan fingerprint density at radius 3 is 3.21 bits per heavy atom. The highest BCUT2D eigenvalue weighted by atomic mass is 16.5. The van der Waals surface area contributed by atoms with Crippen LogP contribution in [-0.2, 0) is 0 Å². The van der Waals surface area contributed by atoms with Gasteiger partial charge >= 0.3 is 0 Å². The van der Waals surface area contributed by atoms with Crippen molar-refractivity contribution in [3.63, 3.8) is 0 Å². The molecule has 0 amide bonds. The van der Waals surface area contributed by atoms with E-state index in [-0.39, 0.29) is 6.04 Å². The van der Waals surface area contributed by atoms with Crippen LogP contribution in [-0.4, -0.2) is 41.7 Å². The van der Waals surface area contributed by atoms with Gasteiger partial charge in [0.1, 0.15) is 5.76 Å². The summed E-state index contributed by atoms with van der Waals surface area (Å²) in [5, 5.41) is 7.37. The zero-order valence-corrected chi connectivity index (χ0v) is 10.7. The molecule has 1 aliphatic rings. The molecule has 19 heavy (non-hydrogen) atoms. The molecule has 1 unspecified atom stereocenters. The molecular formula is C13H16N4O2. The molecule has 3 rings (SSSR count). The van der Waals surface area contributed by atoms with Gasteiger partial charge in [-0.05, 0) is 25.3 Å². The Balaban J connectivity index is 1.72. The van der Waals surface area contributed by atoms with Crippen LogP contribution in [0.15, 0.2) is 27.3 Å². The standard InChI is InChI=1S/C13H16N4O2/c1-17-7-6-14-9-11(17)13-15-12(19-16-13)5-4-10-3-2-8-18-10/h2-5,8,11,14H,6-7,9H2,1H3/b5-4+. The zero-order valence-electron chi connectivity index (χ0n) is 10.7. The Labute approximate surface area is 111 Å². The highest BCUT2D eigenvalue weighted by Gasteiger charge is 2.24. The van der Waals surface area contributed by atoms with Gasteiger partial charge in [0.05, 0.1) is 12.3 Å². The highest BCUT2D eigenvalue weighted by Crippen LogP contribution is 2.18. The third-order valence-corrected chi connectivity index (χ3v) is 3.20. The average Bonchev–Trinajstić information content (AvgIpc) is 3.08. The molecule has 0 saturated carbocycles. The van der Waals surface area contributed by atoms with Crippen molar-refractivity contribution >= 4 is 12.2 Å². The fraction of sp³-hybridized carbons (Fsp3) is 0.385. The van der Waals surface area contributed by atoms with E-state index < -0.39 is 0 Å². The Kier molecular flexibility index (Phi) is 3.43. The number of piperazine rings is 1. The van der Waals surface area contributed by atoms with Gasteiger partial charge < -0.3 is 14.3 Å². The third kappa shape index (κ3) is 2.74. The first-order chi connectivity index (χ1) is 9.33. The Morgan fingerprint density at radius 2 is 2.42 bits per heavy atom. The maximum absolute atomic E-state index is 5.22. The lowest BCUT2D eigenvalue weighted by Crippen LogP contribution is -2.44.